The van der Waals surface area contributed by atoms with Crippen LogP contribution in [0.25, 0.3) is 0 Å². The maximum absolute atomic E-state index is 10.8. The van der Waals surface area contributed by atoms with Crippen LogP contribution in [0, 0.1) is 0 Å². The minimum atomic E-state index is -0.944. The van der Waals surface area contributed by atoms with Gasteiger partial charge in [0.05, 0.1) is 0 Å². The number of rotatable bonds is 3. The van der Waals surface area contributed by atoms with Crippen LogP contribution in [0.3, 0.4) is 0 Å². The van der Waals surface area contributed by atoms with Crippen LogP contribution in [0.5, 0.6) is 0 Å². The molecule has 5 heteroatoms. The van der Waals surface area contributed by atoms with E-state index in [9.17, 15) is 9.59 Å². The molecule has 0 aliphatic carbocycles. The summed E-state index contributed by atoms with van der Waals surface area (Å²) in [5.74, 6) is -0.252. The molecule has 0 bridgehead atoms. The fraction of sp³-hybridized carbons (Fsp3) is 0.667. The second kappa shape index (κ2) is 5.49. The zero-order chi connectivity index (χ0) is 8.85. The third-order valence-corrected chi connectivity index (χ3v) is 2.80. The van der Waals surface area contributed by atoms with E-state index in [0.717, 1.165) is 23.5 Å². The minimum Gasteiger partial charge on any atom is -0.480 e. The monoisotopic (exact) mass is 194 g/mol. The molecule has 1 N–H and O–H groups in total. The topological polar surface area (TPSA) is 54.4 Å². The number of hydrogen-bond donors (Lipinski definition) is 1. The van der Waals surface area contributed by atoms with Gasteiger partial charge < -0.3 is 5.11 Å². The third kappa shape index (κ3) is 5.15. The van der Waals surface area contributed by atoms with Gasteiger partial charge in [0.25, 0.3) is 0 Å². The highest BCUT2D eigenvalue weighted by Crippen LogP contribution is 2.20. The molecule has 64 valence electrons. The lowest BCUT2D eigenvalue weighted by Gasteiger charge is -2.01. The highest BCUT2D eigenvalue weighted by molar-refractivity contribution is 8.38. The predicted octanol–water partition coefficient (Wildman–Crippen LogP) is 2.07. The average Bonchev–Trinajstić information content (AvgIpc) is 1.87. The molecular weight excluding hydrogens is 184 g/mol. The Morgan fingerprint density at radius 3 is 2.45 bits per heavy atom. The number of hydrogen-bond acceptors (Lipinski definition) is 4. The SMILES string of the molecule is CCSC(=O)SC(C)C(=O)O. The van der Waals surface area contributed by atoms with E-state index in [1.807, 2.05) is 6.92 Å². The molecule has 0 rings (SSSR count). The van der Waals surface area contributed by atoms with Crippen molar-refractivity contribution in [3.05, 3.63) is 0 Å². The number of aliphatic carboxylic acids is 1. The first-order valence-corrected chi connectivity index (χ1v) is 5.00. The molecule has 3 nitrogen and oxygen atoms in total. The van der Waals surface area contributed by atoms with Crippen molar-refractivity contribution < 1.29 is 14.7 Å². The Morgan fingerprint density at radius 1 is 1.55 bits per heavy atom. The fourth-order valence-electron chi connectivity index (χ4n) is 0.347. The molecule has 0 aliphatic heterocycles. The molecule has 0 spiro atoms. The molecule has 0 amide bonds. The van der Waals surface area contributed by atoms with Crippen molar-refractivity contribution in [1.29, 1.82) is 0 Å². The summed E-state index contributed by atoms with van der Waals surface area (Å²) in [6.45, 7) is 3.36. The van der Waals surface area contributed by atoms with Gasteiger partial charge in [-0.15, -0.1) is 0 Å². The van der Waals surface area contributed by atoms with Crippen molar-refractivity contribution in [1.82, 2.24) is 0 Å². The lowest BCUT2D eigenvalue weighted by atomic mass is 10.5. The first-order chi connectivity index (χ1) is 5.07. The molecule has 0 saturated heterocycles. The van der Waals surface area contributed by atoms with Gasteiger partial charge in [0.1, 0.15) is 5.25 Å². The number of carboxylic acid groups (broad SMARTS) is 1. The maximum atomic E-state index is 10.8. The Hall–Kier alpha value is -0.160. The van der Waals surface area contributed by atoms with Crippen molar-refractivity contribution >= 4 is 33.9 Å². The standard InChI is InChI=1S/C6H10O3S2/c1-3-10-6(9)11-4(2)5(7)8/h4H,3H2,1-2H3,(H,7,8). The largest absolute Gasteiger partial charge is 0.480 e. The molecule has 0 aromatic carbocycles. The van der Waals surface area contributed by atoms with Gasteiger partial charge in [-0.1, -0.05) is 30.4 Å². The van der Waals surface area contributed by atoms with Crippen LogP contribution in [0.2, 0.25) is 0 Å². The fourth-order valence-corrected chi connectivity index (χ4v) is 2.03. The van der Waals surface area contributed by atoms with Crippen LogP contribution < -0.4 is 0 Å². The maximum Gasteiger partial charge on any atom is 0.316 e. The van der Waals surface area contributed by atoms with Crippen molar-refractivity contribution in [3.63, 3.8) is 0 Å². The second-order valence-electron chi connectivity index (χ2n) is 1.78. The van der Waals surface area contributed by atoms with Crippen LogP contribution in [-0.4, -0.2) is 26.5 Å². The smallest absolute Gasteiger partial charge is 0.316 e. The van der Waals surface area contributed by atoms with Gasteiger partial charge >= 0.3 is 5.97 Å². The highest BCUT2D eigenvalue weighted by Gasteiger charge is 2.15. The number of carbonyl (C=O) groups is 2. The Balaban J connectivity index is 3.66. The summed E-state index contributed by atoms with van der Waals surface area (Å²) in [5, 5.41) is 7.78. The average molecular weight is 194 g/mol. The normalized spacial score (nSPS) is 12.5. The van der Waals surface area contributed by atoms with Crippen LogP contribution in [-0.2, 0) is 4.79 Å². The Morgan fingerprint density at radius 2 is 2.09 bits per heavy atom. The summed E-state index contributed by atoms with van der Waals surface area (Å²) in [6.07, 6.45) is 0. The van der Waals surface area contributed by atoms with E-state index < -0.39 is 11.2 Å². The van der Waals surface area contributed by atoms with Crippen LogP contribution in [0.4, 0.5) is 4.79 Å². The van der Waals surface area contributed by atoms with E-state index in [1.165, 1.54) is 6.92 Å². The second-order valence-corrected chi connectivity index (χ2v) is 4.59. The van der Waals surface area contributed by atoms with Crippen LogP contribution >= 0.6 is 23.5 Å². The van der Waals surface area contributed by atoms with E-state index in [-0.39, 0.29) is 4.45 Å². The van der Waals surface area contributed by atoms with Gasteiger partial charge in [-0.25, -0.2) is 0 Å². The zero-order valence-corrected chi connectivity index (χ0v) is 8.00. The van der Waals surface area contributed by atoms with Crippen molar-refractivity contribution in [3.8, 4) is 0 Å². The van der Waals surface area contributed by atoms with Crippen molar-refractivity contribution in [2.45, 2.75) is 19.1 Å². The van der Waals surface area contributed by atoms with Gasteiger partial charge in [-0.3, -0.25) is 9.59 Å². The van der Waals surface area contributed by atoms with E-state index in [4.69, 9.17) is 5.11 Å². The summed E-state index contributed by atoms with van der Waals surface area (Å²) >= 11 is 1.99. The molecule has 0 fully saturated rings. The molecule has 0 saturated carbocycles. The van der Waals surface area contributed by atoms with E-state index in [2.05, 4.69) is 0 Å². The van der Waals surface area contributed by atoms with Crippen LogP contribution in [0.1, 0.15) is 13.8 Å². The summed E-state index contributed by atoms with van der Waals surface area (Å²) in [7, 11) is 0. The third-order valence-electron chi connectivity index (χ3n) is 0.883. The summed E-state index contributed by atoms with van der Waals surface area (Å²) in [4.78, 5) is 21.1. The summed E-state index contributed by atoms with van der Waals surface area (Å²) in [5.41, 5.74) is 0. The Labute approximate surface area is 73.9 Å². The van der Waals surface area contributed by atoms with E-state index in [1.54, 1.807) is 0 Å². The number of carboxylic acids is 1. The molecular formula is C6H10O3S2. The molecule has 0 aliphatic rings. The first kappa shape index (κ1) is 10.8. The summed E-state index contributed by atoms with van der Waals surface area (Å²) in [6, 6.07) is 0. The minimum absolute atomic E-state index is 0.123. The van der Waals surface area contributed by atoms with Crippen LogP contribution in [0.15, 0.2) is 0 Å². The zero-order valence-electron chi connectivity index (χ0n) is 6.36. The first-order valence-electron chi connectivity index (χ1n) is 3.14. The van der Waals surface area contributed by atoms with Gasteiger partial charge in [0.2, 0.25) is 4.45 Å². The van der Waals surface area contributed by atoms with Gasteiger partial charge in [-0.2, -0.15) is 0 Å². The summed E-state index contributed by atoms with van der Waals surface area (Å²) < 4.78 is -0.123. The molecule has 11 heavy (non-hydrogen) atoms. The van der Waals surface area contributed by atoms with E-state index >= 15 is 0 Å². The number of thioether (sulfide) groups is 2. The van der Waals surface area contributed by atoms with Gasteiger partial charge in [0, 0.05) is 0 Å². The lowest BCUT2D eigenvalue weighted by molar-refractivity contribution is -0.136. The molecule has 0 heterocycles. The van der Waals surface area contributed by atoms with Crippen molar-refractivity contribution in [2.75, 3.05) is 5.75 Å². The van der Waals surface area contributed by atoms with Gasteiger partial charge in [-0.05, 0) is 12.7 Å². The quantitative estimate of drug-likeness (QED) is 0.745. The molecule has 1 unspecified atom stereocenters. The molecule has 0 aromatic heterocycles. The number of carbonyl (C=O) groups excluding carboxylic acids is 1. The Bertz CT molecular complexity index is 158. The van der Waals surface area contributed by atoms with Crippen molar-refractivity contribution in [2.24, 2.45) is 0 Å². The van der Waals surface area contributed by atoms with E-state index in [0.29, 0.717) is 5.75 Å². The van der Waals surface area contributed by atoms with Gasteiger partial charge in [0.15, 0.2) is 0 Å². The molecule has 1 atom stereocenters. The lowest BCUT2D eigenvalue weighted by Crippen LogP contribution is -2.12. The predicted molar refractivity (Wildman–Crippen MR) is 48.2 cm³/mol. The molecule has 0 radical (unpaired) electrons. The molecule has 0 aromatic rings. The Kier molecular flexibility index (Phi) is 5.41. The highest BCUT2D eigenvalue weighted by atomic mass is 32.2.